The van der Waals surface area contributed by atoms with Crippen LogP contribution in [0.15, 0.2) is 31.9 Å². The minimum absolute atomic E-state index is 0.0501. The second-order valence-electron chi connectivity index (χ2n) is 5.73. The third-order valence-electron chi connectivity index (χ3n) is 3.69. The summed E-state index contributed by atoms with van der Waals surface area (Å²) in [7, 11) is 1.61. The smallest absolute Gasteiger partial charge is 0.408 e. The normalized spacial score (nSPS) is 11.3. The predicted octanol–water partition coefficient (Wildman–Crippen LogP) is 2.80. The molecule has 0 saturated carbocycles. The molecule has 0 unspecified atom stereocenters. The Kier molecular flexibility index (Phi) is 3.55. The Balaban J connectivity index is 1.96. The first-order valence-electron chi connectivity index (χ1n) is 7.25. The summed E-state index contributed by atoms with van der Waals surface area (Å²) in [5.41, 5.74) is 2.64. The van der Waals surface area contributed by atoms with Gasteiger partial charge in [-0.15, -0.1) is 0 Å². The molecule has 2 aromatic heterocycles. The Hall–Kier alpha value is -2.83. The number of carbonyl (C=O) groups excluding carboxylic acids is 1. The predicted molar refractivity (Wildman–Crippen MR) is 84.7 cm³/mol. The highest BCUT2D eigenvalue weighted by Gasteiger charge is 2.22. The summed E-state index contributed by atoms with van der Waals surface area (Å²) in [5, 5.41) is 6.68. The Morgan fingerprint density at radius 3 is 2.78 bits per heavy atom. The third kappa shape index (κ3) is 2.54. The summed E-state index contributed by atoms with van der Waals surface area (Å²) in [6, 6.07) is 5.02. The number of hydrogen-bond acceptors (Lipinski definition) is 5. The van der Waals surface area contributed by atoms with Gasteiger partial charge in [0.2, 0.25) is 0 Å². The van der Waals surface area contributed by atoms with Crippen molar-refractivity contribution in [2.24, 2.45) is 7.05 Å². The molecule has 120 valence electrons. The molecule has 7 nitrogen and oxygen atoms in total. The van der Waals surface area contributed by atoms with Crippen molar-refractivity contribution >= 4 is 22.7 Å². The maximum atomic E-state index is 12.5. The lowest BCUT2D eigenvalue weighted by Crippen LogP contribution is -2.15. The molecular formula is C16H17N3O4. The lowest BCUT2D eigenvalue weighted by Gasteiger charge is -2.07. The molecular weight excluding hydrogens is 298 g/mol. The molecule has 0 spiro atoms. The fourth-order valence-corrected chi connectivity index (χ4v) is 2.46. The summed E-state index contributed by atoms with van der Waals surface area (Å²) in [6.07, 6.45) is 0. The van der Waals surface area contributed by atoms with Crippen molar-refractivity contribution in [1.82, 2.24) is 9.72 Å². The Bertz CT molecular complexity index is 946. The largest absolute Gasteiger partial charge is 0.419 e. The quantitative estimate of drug-likeness (QED) is 0.802. The number of carbonyl (C=O) groups is 1. The second-order valence-corrected chi connectivity index (χ2v) is 5.73. The van der Waals surface area contributed by atoms with Crippen molar-refractivity contribution in [1.29, 1.82) is 0 Å². The molecule has 0 saturated heterocycles. The number of benzene rings is 1. The molecule has 0 fully saturated rings. The number of oxazole rings is 1. The molecule has 1 amide bonds. The Labute approximate surface area is 131 Å². The summed E-state index contributed by atoms with van der Waals surface area (Å²) < 4.78 is 11.7. The van der Waals surface area contributed by atoms with E-state index in [2.05, 4.69) is 10.5 Å². The number of rotatable bonds is 3. The van der Waals surface area contributed by atoms with Crippen LogP contribution in [-0.4, -0.2) is 15.6 Å². The Morgan fingerprint density at radius 2 is 2.09 bits per heavy atom. The van der Waals surface area contributed by atoms with Crippen LogP contribution in [0.1, 0.15) is 41.6 Å². The van der Waals surface area contributed by atoms with Crippen molar-refractivity contribution in [3.05, 3.63) is 45.8 Å². The Morgan fingerprint density at radius 1 is 1.35 bits per heavy atom. The molecule has 3 rings (SSSR count). The third-order valence-corrected chi connectivity index (χ3v) is 3.69. The van der Waals surface area contributed by atoms with Gasteiger partial charge < -0.3 is 14.3 Å². The molecule has 23 heavy (non-hydrogen) atoms. The number of aryl methyl sites for hydroxylation is 2. The zero-order valence-electron chi connectivity index (χ0n) is 13.3. The zero-order chi connectivity index (χ0) is 16.7. The summed E-state index contributed by atoms with van der Waals surface area (Å²) in [6.45, 7) is 5.60. The van der Waals surface area contributed by atoms with E-state index in [-0.39, 0.29) is 11.8 Å². The SMILES string of the molecule is Cc1noc(C(C)C)c1C(=O)Nc1ccc2oc(=O)n(C)c2c1. The van der Waals surface area contributed by atoms with Gasteiger partial charge in [0, 0.05) is 18.7 Å². The first kappa shape index (κ1) is 15.1. The maximum Gasteiger partial charge on any atom is 0.419 e. The van der Waals surface area contributed by atoms with Gasteiger partial charge in [-0.1, -0.05) is 19.0 Å². The molecule has 0 aliphatic heterocycles. The fourth-order valence-electron chi connectivity index (χ4n) is 2.46. The van der Waals surface area contributed by atoms with E-state index >= 15 is 0 Å². The van der Waals surface area contributed by atoms with Gasteiger partial charge in [0.05, 0.1) is 11.2 Å². The van der Waals surface area contributed by atoms with E-state index in [1.165, 1.54) is 4.57 Å². The van der Waals surface area contributed by atoms with E-state index in [9.17, 15) is 9.59 Å². The number of anilines is 1. The van der Waals surface area contributed by atoms with E-state index < -0.39 is 5.76 Å². The number of fused-ring (bicyclic) bond motifs is 1. The van der Waals surface area contributed by atoms with Crippen LogP contribution in [0.5, 0.6) is 0 Å². The van der Waals surface area contributed by atoms with Crippen LogP contribution in [0.4, 0.5) is 5.69 Å². The number of amides is 1. The van der Waals surface area contributed by atoms with Crippen molar-refractivity contribution in [3.8, 4) is 0 Å². The van der Waals surface area contributed by atoms with E-state index in [1.807, 2.05) is 13.8 Å². The molecule has 1 N–H and O–H groups in total. The van der Waals surface area contributed by atoms with Gasteiger partial charge >= 0.3 is 5.76 Å². The van der Waals surface area contributed by atoms with E-state index in [4.69, 9.17) is 8.94 Å². The van der Waals surface area contributed by atoms with Crippen molar-refractivity contribution in [2.75, 3.05) is 5.32 Å². The van der Waals surface area contributed by atoms with Crippen molar-refractivity contribution in [3.63, 3.8) is 0 Å². The molecule has 0 atom stereocenters. The fraction of sp³-hybridized carbons (Fsp3) is 0.312. The summed E-state index contributed by atoms with van der Waals surface area (Å²) >= 11 is 0. The molecule has 0 aliphatic carbocycles. The maximum absolute atomic E-state index is 12.5. The number of nitrogens with one attached hydrogen (secondary N) is 1. The first-order valence-corrected chi connectivity index (χ1v) is 7.25. The highest BCUT2D eigenvalue weighted by molar-refractivity contribution is 6.06. The number of aromatic nitrogens is 2. The van der Waals surface area contributed by atoms with Crippen LogP contribution in [0.3, 0.4) is 0 Å². The standard InChI is InChI=1S/C16H17N3O4/c1-8(2)14-13(9(3)18-23-14)15(20)17-10-5-6-12-11(7-10)19(4)16(21)22-12/h5-8H,1-4H3,(H,17,20). The van der Waals surface area contributed by atoms with Crippen LogP contribution < -0.4 is 11.1 Å². The van der Waals surface area contributed by atoms with Gasteiger partial charge in [-0.05, 0) is 25.1 Å². The van der Waals surface area contributed by atoms with Crippen molar-refractivity contribution in [2.45, 2.75) is 26.7 Å². The van der Waals surface area contributed by atoms with Crippen LogP contribution in [0.2, 0.25) is 0 Å². The van der Waals surface area contributed by atoms with Gasteiger partial charge in [0.1, 0.15) is 5.56 Å². The molecule has 0 aliphatic rings. The molecule has 1 aromatic carbocycles. The summed E-state index contributed by atoms with van der Waals surface area (Å²) in [5.74, 6) is -0.133. The second kappa shape index (κ2) is 5.42. The lowest BCUT2D eigenvalue weighted by molar-refractivity contribution is 0.102. The van der Waals surface area contributed by atoms with E-state index in [0.29, 0.717) is 33.8 Å². The minimum Gasteiger partial charge on any atom is -0.408 e. The minimum atomic E-state index is -0.444. The molecule has 0 bridgehead atoms. The topological polar surface area (TPSA) is 90.3 Å². The molecule has 3 aromatic rings. The van der Waals surface area contributed by atoms with E-state index in [1.54, 1.807) is 32.2 Å². The molecule has 7 heteroatoms. The van der Waals surface area contributed by atoms with Crippen molar-refractivity contribution < 1.29 is 13.7 Å². The van der Waals surface area contributed by atoms with Crippen LogP contribution in [0, 0.1) is 6.92 Å². The van der Waals surface area contributed by atoms with Gasteiger partial charge in [-0.3, -0.25) is 9.36 Å². The van der Waals surface area contributed by atoms with Crippen LogP contribution >= 0.6 is 0 Å². The van der Waals surface area contributed by atoms with Gasteiger partial charge in [0.25, 0.3) is 5.91 Å². The highest BCUT2D eigenvalue weighted by Crippen LogP contribution is 2.24. The highest BCUT2D eigenvalue weighted by atomic mass is 16.5. The number of nitrogens with zero attached hydrogens (tertiary/aromatic N) is 2. The van der Waals surface area contributed by atoms with Crippen LogP contribution in [-0.2, 0) is 7.05 Å². The van der Waals surface area contributed by atoms with Crippen LogP contribution in [0.25, 0.3) is 11.1 Å². The number of hydrogen-bond donors (Lipinski definition) is 1. The lowest BCUT2D eigenvalue weighted by atomic mass is 10.0. The first-order chi connectivity index (χ1) is 10.9. The average molecular weight is 315 g/mol. The monoisotopic (exact) mass is 315 g/mol. The van der Waals surface area contributed by atoms with Gasteiger partial charge in [0.15, 0.2) is 11.3 Å². The van der Waals surface area contributed by atoms with E-state index in [0.717, 1.165) is 0 Å². The van der Waals surface area contributed by atoms with Gasteiger partial charge in [-0.2, -0.15) is 0 Å². The average Bonchev–Trinajstić information content (AvgIpc) is 3.01. The molecule has 0 radical (unpaired) electrons. The van der Waals surface area contributed by atoms with Gasteiger partial charge in [-0.25, -0.2) is 4.79 Å². The summed E-state index contributed by atoms with van der Waals surface area (Å²) in [4.78, 5) is 24.1. The molecule has 2 heterocycles. The zero-order valence-corrected chi connectivity index (χ0v) is 13.3.